The molecule has 4 nitrogen and oxygen atoms in total. The molecule has 0 N–H and O–H groups in total. The molecule has 0 saturated carbocycles. The first kappa shape index (κ1) is 28.9. The molecule has 0 saturated heterocycles. The molecule has 2 aromatic rings. The quantitative estimate of drug-likeness (QED) is 0.0717. The maximum absolute atomic E-state index is 12.0. The fourth-order valence-corrected chi connectivity index (χ4v) is 3.67. The van der Waals surface area contributed by atoms with E-state index in [0.29, 0.717) is 5.75 Å². The highest BCUT2D eigenvalue weighted by atomic mass is 35.5. The van der Waals surface area contributed by atoms with Crippen LogP contribution in [-0.2, 0) is 4.79 Å². The monoisotopic (exact) mass is 499 g/mol. The average molecular weight is 500 g/mol. The first-order valence-corrected chi connectivity index (χ1v) is 13.7. The fraction of sp³-hybridized carbons (Fsp3) is 0.533. The molecule has 2 aromatic carbocycles. The summed E-state index contributed by atoms with van der Waals surface area (Å²) in [5.41, 5.74) is 1.77. The topological polar surface area (TPSA) is 47.9 Å². The summed E-state index contributed by atoms with van der Waals surface area (Å²) in [6.45, 7) is 6.80. The van der Waals surface area contributed by atoms with Crippen LogP contribution in [0.5, 0.6) is 11.5 Å². The molecular weight excluding hydrogens is 458 g/mol. The van der Waals surface area contributed by atoms with Crippen molar-refractivity contribution >= 4 is 29.5 Å². The molecule has 0 aliphatic carbocycles. The van der Waals surface area contributed by atoms with Gasteiger partial charge in [0.15, 0.2) is 0 Å². The molecule has 0 amide bonds. The predicted octanol–water partition coefficient (Wildman–Crippen LogP) is 8.91. The van der Waals surface area contributed by atoms with Gasteiger partial charge in [0.05, 0.1) is 12.3 Å². The number of unbranched alkanes of at least 4 members (excludes halogenated alkanes) is 9. The Kier molecular flexibility index (Phi) is 14.2. The van der Waals surface area contributed by atoms with Gasteiger partial charge in [-0.2, -0.15) is 0 Å². The Balaban J connectivity index is 1.64. The van der Waals surface area contributed by atoms with Gasteiger partial charge in [0.2, 0.25) is 0 Å². The standard InChI is InChI=1S/C30H42ClNO3/c1-4-5-6-7-8-9-10-11-12-13-22-34-27-20-16-26(17-21-27)32-23-25-14-18-28(19-15-25)35-30(33)29(31)24(2)3/h14-21,23-24,29H,4-13,22H2,1-3H3. The minimum absolute atomic E-state index is 0.0204. The number of halogens is 1. The molecule has 0 radical (unpaired) electrons. The summed E-state index contributed by atoms with van der Waals surface area (Å²) in [6, 6.07) is 15.0. The van der Waals surface area contributed by atoms with Gasteiger partial charge >= 0.3 is 5.97 Å². The summed E-state index contributed by atoms with van der Waals surface area (Å²) < 4.78 is 11.2. The lowest BCUT2D eigenvalue weighted by Crippen LogP contribution is -2.25. The van der Waals surface area contributed by atoms with Crippen LogP contribution in [0.15, 0.2) is 53.5 Å². The maximum atomic E-state index is 12.0. The zero-order valence-corrected chi connectivity index (χ0v) is 22.4. The second-order valence-corrected chi connectivity index (χ2v) is 9.89. The van der Waals surface area contributed by atoms with Crippen molar-refractivity contribution in [1.29, 1.82) is 0 Å². The number of ether oxygens (including phenoxy) is 2. The van der Waals surface area contributed by atoms with Crippen LogP contribution in [0, 0.1) is 5.92 Å². The van der Waals surface area contributed by atoms with Gasteiger partial charge in [-0.15, -0.1) is 11.6 Å². The van der Waals surface area contributed by atoms with E-state index in [9.17, 15) is 4.79 Å². The van der Waals surface area contributed by atoms with Crippen molar-refractivity contribution in [3.05, 3.63) is 54.1 Å². The number of hydrogen-bond donors (Lipinski definition) is 0. The Hall–Kier alpha value is -2.33. The molecule has 0 fully saturated rings. The van der Waals surface area contributed by atoms with Crippen LogP contribution in [0.4, 0.5) is 5.69 Å². The van der Waals surface area contributed by atoms with Gasteiger partial charge in [-0.25, -0.2) is 0 Å². The fourth-order valence-electron chi connectivity index (χ4n) is 3.62. The summed E-state index contributed by atoms with van der Waals surface area (Å²) in [5, 5.41) is -0.655. The van der Waals surface area contributed by atoms with E-state index in [0.717, 1.165) is 30.0 Å². The predicted molar refractivity (Wildman–Crippen MR) is 148 cm³/mol. The number of hydrogen-bond acceptors (Lipinski definition) is 4. The zero-order valence-electron chi connectivity index (χ0n) is 21.7. The molecule has 1 unspecified atom stereocenters. The first-order valence-electron chi connectivity index (χ1n) is 13.2. The maximum Gasteiger partial charge on any atom is 0.329 e. The van der Waals surface area contributed by atoms with E-state index in [1.54, 1.807) is 18.3 Å². The minimum atomic E-state index is -0.655. The third-order valence-electron chi connectivity index (χ3n) is 5.88. The van der Waals surface area contributed by atoms with Gasteiger partial charge in [0.1, 0.15) is 16.9 Å². The number of nitrogens with zero attached hydrogens (tertiary/aromatic N) is 1. The van der Waals surface area contributed by atoms with Gasteiger partial charge in [-0.3, -0.25) is 9.79 Å². The van der Waals surface area contributed by atoms with E-state index in [1.165, 1.54) is 57.8 Å². The van der Waals surface area contributed by atoms with Crippen LogP contribution in [0.25, 0.3) is 0 Å². The normalized spacial score (nSPS) is 12.3. The summed E-state index contributed by atoms with van der Waals surface area (Å²) in [7, 11) is 0. The van der Waals surface area contributed by atoms with E-state index >= 15 is 0 Å². The second-order valence-electron chi connectivity index (χ2n) is 9.42. The highest BCUT2D eigenvalue weighted by Gasteiger charge is 2.21. The van der Waals surface area contributed by atoms with Crippen molar-refractivity contribution in [1.82, 2.24) is 0 Å². The summed E-state index contributed by atoms with van der Waals surface area (Å²) in [6.07, 6.45) is 15.0. The lowest BCUT2D eigenvalue weighted by atomic mass is 10.1. The van der Waals surface area contributed by atoms with E-state index in [-0.39, 0.29) is 5.92 Å². The van der Waals surface area contributed by atoms with Crippen molar-refractivity contribution in [2.75, 3.05) is 6.61 Å². The number of aliphatic imine (C=N–C) groups is 1. The number of esters is 1. The highest BCUT2D eigenvalue weighted by Crippen LogP contribution is 2.20. The van der Waals surface area contributed by atoms with Crippen LogP contribution in [0.2, 0.25) is 0 Å². The van der Waals surface area contributed by atoms with Crippen molar-refractivity contribution in [3.63, 3.8) is 0 Å². The van der Waals surface area contributed by atoms with Crippen LogP contribution >= 0.6 is 11.6 Å². The Morgan fingerprint density at radius 3 is 1.94 bits per heavy atom. The summed E-state index contributed by atoms with van der Waals surface area (Å²) in [4.78, 5) is 16.5. The van der Waals surface area contributed by atoms with Gasteiger partial charge in [-0.05, 0) is 66.4 Å². The number of alkyl halides is 1. The molecule has 0 heterocycles. The number of carbonyl (C=O) groups excluding carboxylic acids is 1. The molecule has 0 aliphatic heterocycles. The average Bonchev–Trinajstić information content (AvgIpc) is 2.87. The number of carbonyl (C=O) groups is 1. The van der Waals surface area contributed by atoms with Gasteiger partial charge in [-0.1, -0.05) is 78.6 Å². The molecule has 0 bridgehead atoms. The smallest absolute Gasteiger partial charge is 0.329 e. The molecule has 192 valence electrons. The van der Waals surface area contributed by atoms with E-state index in [1.807, 2.05) is 50.2 Å². The molecule has 0 aromatic heterocycles. The molecule has 0 spiro atoms. The Bertz CT molecular complexity index is 862. The van der Waals surface area contributed by atoms with Crippen molar-refractivity contribution in [3.8, 4) is 11.5 Å². The number of benzene rings is 2. The van der Waals surface area contributed by atoms with Crippen LogP contribution < -0.4 is 9.47 Å². The molecular formula is C30H42ClNO3. The highest BCUT2D eigenvalue weighted by molar-refractivity contribution is 6.30. The van der Waals surface area contributed by atoms with Gasteiger partial charge in [0, 0.05) is 6.21 Å². The lowest BCUT2D eigenvalue weighted by molar-refractivity contribution is -0.134. The first-order chi connectivity index (χ1) is 17.0. The van der Waals surface area contributed by atoms with Crippen molar-refractivity contribution < 1.29 is 14.3 Å². The Morgan fingerprint density at radius 2 is 1.37 bits per heavy atom. The number of rotatable bonds is 17. The molecule has 2 rings (SSSR count). The Labute approximate surface area is 217 Å². The van der Waals surface area contributed by atoms with Crippen LogP contribution in [0.1, 0.15) is 90.5 Å². The van der Waals surface area contributed by atoms with Gasteiger partial charge < -0.3 is 9.47 Å². The summed E-state index contributed by atoms with van der Waals surface area (Å²) in [5.74, 6) is 0.943. The SMILES string of the molecule is CCCCCCCCCCCCOc1ccc(N=Cc2ccc(OC(=O)C(Cl)C(C)C)cc2)cc1. The molecule has 1 atom stereocenters. The minimum Gasteiger partial charge on any atom is -0.494 e. The molecule has 35 heavy (non-hydrogen) atoms. The summed E-state index contributed by atoms with van der Waals surface area (Å²) >= 11 is 6.05. The Morgan fingerprint density at radius 1 is 0.829 bits per heavy atom. The van der Waals surface area contributed by atoms with Crippen LogP contribution in [-0.4, -0.2) is 24.2 Å². The largest absolute Gasteiger partial charge is 0.494 e. The van der Waals surface area contributed by atoms with Crippen LogP contribution in [0.3, 0.4) is 0 Å². The van der Waals surface area contributed by atoms with E-state index in [2.05, 4.69) is 11.9 Å². The van der Waals surface area contributed by atoms with Crippen molar-refractivity contribution in [2.24, 2.45) is 10.9 Å². The lowest BCUT2D eigenvalue weighted by Gasteiger charge is -2.12. The van der Waals surface area contributed by atoms with E-state index in [4.69, 9.17) is 21.1 Å². The van der Waals surface area contributed by atoms with Gasteiger partial charge in [0.25, 0.3) is 0 Å². The third-order valence-corrected chi connectivity index (χ3v) is 6.56. The zero-order chi connectivity index (χ0) is 25.3. The molecule has 0 aliphatic rings. The van der Waals surface area contributed by atoms with E-state index < -0.39 is 11.3 Å². The third kappa shape index (κ3) is 12.3. The van der Waals surface area contributed by atoms with Crippen molar-refractivity contribution in [2.45, 2.75) is 90.4 Å². The molecule has 5 heteroatoms. The second kappa shape index (κ2) is 17.2.